The molecule has 1 fully saturated rings. The maximum atomic E-state index is 12.6. The highest BCUT2D eigenvalue weighted by molar-refractivity contribution is 7.99. The van der Waals surface area contributed by atoms with Gasteiger partial charge in [0.2, 0.25) is 0 Å². The predicted octanol–water partition coefficient (Wildman–Crippen LogP) is 0.228. The van der Waals surface area contributed by atoms with E-state index < -0.39 is 0 Å². The van der Waals surface area contributed by atoms with Crippen LogP contribution in [0.1, 0.15) is 27.9 Å². The Morgan fingerprint density at radius 2 is 2.40 bits per heavy atom. The van der Waals surface area contributed by atoms with Gasteiger partial charge >= 0.3 is 0 Å². The molecule has 0 radical (unpaired) electrons. The molecule has 9 heteroatoms. The predicted molar refractivity (Wildman–Crippen MR) is 72.0 cm³/mol. The number of carbonyl (C=O) groups is 1. The summed E-state index contributed by atoms with van der Waals surface area (Å²) >= 11 is 1.78. The zero-order valence-corrected chi connectivity index (χ0v) is 11.7. The van der Waals surface area contributed by atoms with Crippen molar-refractivity contribution in [1.82, 2.24) is 35.7 Å². The second-order valence-electron chi connectivity index (χ2n) is 4.44. The molecule has 1 saturated heterocycles. The normalized spacial score (nSPS) is 19.1. The van der Waals surface area contributed by atoms with Gasteiger partial charge in [0.25, 0.3) is 5.91 Å². The van der Waals surface area contributed by atoms with E-state index in [4.69, 9.17) is 0 Å². The number of H-pyrrole nitrogens is 1. The lowest BCUT2D eigenvalue weighted by atomic mass is 10.2. The topological polar surface area (TPSA) is 101 Å². The van der Waals surface area contributed by atoms with Gasteiger partial charge in [-0.15, -0.1) is 10.2 Å². The first-order chi connectivity index (χ1) is 9.75. The second kappa shape index (κ2) is 5.53. The van der Waals surface area contributed by atoms with Gasteiger partial charge in [-0.2, -0.15) is 27.2 Å². The standard InChI is InChI=1S/C11H13N7OS/c1-7-4-8(5-12-13-7)11(19)18-2-3-20-6-9(18)10-14-16-17-15-10/h4-5,9H,2-3,6H2,1H3,(H,14,15,16,17). The summed E-state index contributed by atoms with van der Waals surface area (Å²) in [5, 5.41) is 21.7. The van der Waals surface area contributed by atoms with Crippen LogP contribution >= 0.6 is 11.8 Å². The number of aryl methyl sites for hydroxylation is 1. The van der Waals surface area contributed by atoms with Crippen LogP contribution in [0, 0.1) is 6.92 Å². The average molecular weight is 291 g/mol. The van der Waals surface area contributed by atoms with Gasteiger partial charge in [-0.3, -0.25) is 4.79 Å². The van der Waals surface area contributed by atoms with E-state index >= 15 is 0 Å². The number of hydrogen-bond acceptors (Lipinski definition) is 7. The van der Waals surface area contributed by atoms with E-state index in [0.29, 0.717) is 17.9 Å². The summed E-state index contributed by atoms with van der Waals surface area (Å²) in [6.07, 6.45) is 1.49. The van der Waals surface area contributed by atoms with Crippen molar-refractivity contribution >= 4 is 17.7 Å². The Labute approximate surface area is 119 Å². The maximum Gasteiger partial charge on any atom is 0.256 e. The third-order valence-corrected chi connectivity index (χ3v) is 4.10. The highest BCUT2D eigenvalue weighted by Gasteiger charge is 2.32. The van der Waals surface area contributed by atoms with Gasteiger partial charge in [0.15, 0.2) is 5.82 Å². The molecular formula is C11H13N7OS. The van der Waals surface area contributed by atoms with Crippen molar-refractivity contribution in [3.05, 3.63) is 29.3 Å². The maximum absolute atomic E-state index is 12.6. The minimum atomic E-state index is -0.159. The first kappa shape index (κ1) is 13.0. The highest BCUT2D eigenvalue weighted by Crippen LogP contribution is 2.28. The molecule has 0 aromatic carbocycles. The van der Waals surface area contributed by atoms with Crippen molar-refractivity contribution in [3.8, 4) is 0 Å². The average Bonchev–Trinajstić information content (AvgIpc) is 3.00. The largest absolute Gasteiger partial charge is 0.327 e. The quantitative estimate of drug-likeness (QED) is 0.845. The van der Waals surface area contributed by atoms with Gasteiger partial charge in [-0.05, 0) is 13.0 Å². The smallest absolute Gasteiger partial charge is 0.256 e. The van der Waals surface area contributed by atoms with Crippen molar-refractivity contribution in [2.75, 3.05) is 18.1 Å². The Morgan fingerprint density at radius 3 is 3.15 bits per heavy atom. The molecule has 2 aromatic heterocycles. The number of carbonyl (C=O) groups excluding carboxylic acids is 1. The lowest BCUT2D eigenvalue weighted by molar-refractivity contribution is 0.0693. The SMILES string of the molecule is Cc1cc(C(=O)N2CCSCC2c2nn[nH]n2)cnn1. The molecule has 1 aliphatic heterocycles. The van der Waals surface area contributed by atoms with Crippen LogP contribution in [0.5, 0.6) is 0 Å². The number of rotatable bonds is 2. The molecular weight excluding hydrogens is 278 g/mol. The van der Waals surface area contributed by atoms with E-state index in [-0.39, 0.29) is 11.9 Å². The molecule has 0 bridgehead atoms. The first-order valence-electron chi connectivity index (χ1n) is 6.17. The van der Waals surface area contributed by atoms with Gasteiger partial charge in [0.05, 0.1) is 17.5 Å². The molecule has 2 aromatic rings. The van der Waals surface area contributed by atoms with Crippen LogP contribution in [0.25, 0.3) is 0 Å². The van der Waals surface area contributed by atoms with Crippen LogP contribution in [-0.2, 0) is 0 Å². The van der Waals surface area contributed by atoms with Crippen molar-refractivity contribution < 1.29 is 4.79 Å². The second-order valence-corrected chi connectivity index (χ2v) is 5.59. The fourth-order valence-electron chi connectivity index (χ4n) is 2.13. The molecule has 8 nitrogen and oxygen atoms in total. The van der Waals surface area contributed by atoms with Crippen LogP contribution in [0.3, 0.4) is 0 Å². The summed E-state index contributed by atoms with van der Waals surface area (Å²) in [5.41, 5.74) is 1.26. The van der Waals surface area contributed by atoms with Crippen molar-refractivity contribution in [3.63, 3.8) is 0 Å². The Bertz CT molecular complexity index is 603. The van der Waals surface area contributed by atoms with E-state index in [1.807, 2.05) is 6.92 Å². The molecule has 3 heterocycles. The molecule has 1 atom stereocenters. The minimum Gasteiger partial charge on any atom is -0.327 e. The molecule has 1 aliphatic rings. The van der Waals surface area contributed by atoms with E-state index in [0.717, 1.165) is 17.2 Å². The van der Waals surface area contributed by atoms with E-state index in [2.05, 4.69) is 30.8 Å². The van der Waals surface area contributed by atoms with Gasteiger partial charge < -0.3 is 4.90 Å². The molecule has 104 valence electrons. The molecule has 3 rings (SSSR count). The summed E-state index contributed by atoms with van der Waals surface area (Å²) in [7, 11) is 0. The van der Waals surface area contributed by atoms with Crippen molar-refractivity contribution in [1.29, 1.82) is 0 Å². The van der Waals surface area contributed by atoms with Crippen LogP contribution < -0.4 is 0 Å². The monoisotopic (exact) mass is 291 g/mol. The number of thioether (sulfide) groups is 1. The Kier molecular flexibility index (Phi) is 3.59. The fraction of sp³-hybridized carbons (Fsp3) is 0.455. The van der Waals surface area contributed by atoms with Gasteiger partial charge in [-0.25, -0.2) is 0 Å². The van der Waals surface area contributed by atoms with Crippen LogP contribution in [0.15, 0.2) is 12.3 Å². The number of aromatic nitrogens is 6. The summed E-state index contributed by atoms with van der Waals surface area (Å²) in [5.74, 6) is 2.14. The van der Waals surface area contributed by atoms with Crippen molar-refractivity contribution in [2.24, 2.45) is 0 Å². The minimum absolute atomic E-state index is 0.0712. The van der Waals surface area contributed by atoms with E-state index in [1.165, 1.54) is 6.20 Å². The molecule has 20 heavy (non-hydrogen) atoms. The van der Waals surface area contributed by atoms with E-state index in [1.54, 1.807) is 22.7 Å². The molecule has 0 aliphatic carbocycles. The molecule has 1 amide bonds. The van der Waals surface area contributed by atoms with Crippen LogP contribution in [-0.4, -0.2) is 59.7 Å². The summed E-state index contributed by atoms with van der Waals surface area (Å²) < 4.78 is 0. The molecule has 1 unspecified atom stereocenters. The van der Waals surface area contributed by atoms with Gasteiger partial charge in [0, 0.05) is 18.1 Å². The first-order valence-corrected chi connectivity index (χ1v) is 7.32. The number of tetrazole rings is 1. The summed E-state index contributed by atoms with van der Waals surface area (Å²) in [6, 6.07) is 1.58. The lowest BCUT2D eigenvalue weighted by Gasteiger charge is -2.33. The number of hydrogen-bond donors (Lipinski definition) is 1. The molecule has 0 spiro atoms. The zero-order valence-electron chi connectivity index (χ0n) is 10.9. The number of nitrogens with one attached hydrogen (secondary N) is 1. The van der Waals surface area contributed by atoms with Crippen LogP contribution in [0.2, 0.25) is 0 Å². The highest BCUT2D eigenvalue weighted by atomic mass is 32.2. The Morgan fingerprint density at radius 1 is 1.50 bits per heavy atom. The van der Waals surface area contributed by atoms with E-state index in [9.17, 15) is 4.79 Å². The molecule has 0 saturated carbocycles. The Hall–Kier alpha value is -2.03. The number of amides is 1. The third-order valence-electron chi connectivity index (χ3n) is 3.07. The molecule has 1 N–H and O–H groups in total. The summed E-state index contributed by atoms with van der Waals surface area (Å²) in [6.45, 7) is 2.47. The third kappa shape index (κ3) is 2.48. The number of nitrogens with zero attached hydrogens (tertiary/aromatic N) is 6. The van der Waals surface area contributed by atoms with Crippen molar-refractivity contribution in [2.45, 2.75) is 13.0 Å². The Balaban J connectivity index is 1.88. The van der Waals surface area contributed by atoms with Gasteiger partial charge in [0.1, 0.15) is 6.04 Å². The van der Waals surface area contributed by atoms with Gasteiger partial charge in [-0.1, -0.05) is 5.21 Å². The number of aromatic amines is 1. The summed E-state index contributed by atoms with van der Waals surface area (Å²) in [4.78, 5) is 14.4. The lowest BCUT2D eigenvalue weighted by Crippen LogP contribution is -2.41. The zero-order chi connectivity index (χ0) is 13.9. The van der Waals surface area contributed by atoms with Crippen LogP contribution in [0.4, 0.5) is 0 Å². The fourth-order valence-corrected chi connectivity index (χ4v) is 3.17.